The van der Waals surface area contributed by atoms with Gasteiger partial charge in [0.25, 0.3) is 5.24 Å². The molecule has 2 N–H and O–H groups in total. The average Bonchev–Trinajstić information content (AvgIpc) is 2.94. The standard InChI is InChI=1S/C14H16ClN3O2S/c15-10-4-2-1-3-9(10)12-7-16-5-6-18(12)13(19)11-8-21-14(20)17-11/h1-4,11-12,16H,5-8H2,(H,17,20)/t11-,12?/m0/s1. The van der Waals surface area contributed by atoms with Gasteiger partial charge < -0.3 is 15.5 Å². The molecule has 0 aromatic heterocycles. The molecule has 112 valence electrons. The first-order valence-corrected chi connectivity index (χ1v) is 8.22. The lowest BCUT2D eigenvalue weighted by Gasteiger charge is -2.38. The van der Waals surface area contributed by atoms with Crippen molar-refractivity contribution in [2.24, 2.45) is 0 Å². The maximum absolute atomic E-state index is 12.7. The number of carbonyl (C=O) groups is 2. The zero-order valence-corrected chi connectivity index (χ0v) is 12.9. The summed E-state index contributed by atoms with van der Waals surface area (Å²) in [5.41, 5.74) is 0.941. The van der Waals surface area contributed by atoms with E-state index in [1.54, 1.807) is 0 Å². The Bertz CT molecular complexity index is 569. The normalized spacial score (nSPS) is 25.8. The summed E-state index contributed by atoms with van der Waals surface area (Å²) in [4.78, 5) is 25.8. The Morgan fingerprint density at radius 2 is 2.19 bits per heavy atom. The van der Waals surface area contributed by atoms with Gasteiger partial charge in [-0.2, -0.15) is 0 Å². The van der Waals surface area contributed by atoms with Crippen LogP contribution in [0.2, 0.25) is 5.02 Å². The molecule has 0 spiro atoms. The molecular formula is C14H16ClN3O2S. The minimum absolute atomic E-state index is 0.0280. The third kappa shape index (κ3) is 3.02. The van der Waals surface area contributed by atoms with Crippen LogP contribution in [0.1, 0.15) is 11.6 Å². The van der Waals surface area contributed by atoms with E-state index < -0.39 is 6.04 Å². The molecule has 2 atom stereocenters. The van der Waals surface area contributed by atoms with Crippen molar-refractivity contribution < 1.29 is 9.59 Å². The van der Waals surface area contributed by atoms with Crippen molar-refractivity contribution in [2.45, 2.75) is 12.1 Å². The molecule has 7 heteroatoms. The fraction of sp³-hybridized carbons (Fsp3) is 0.429. The second-order valence-corrected chi connectivity index (χ2v) is 6.47. The molecule has 1 aromatic carbocycles. The van der Waals surface area contributed by atoms with Gasteiger partial charge in [-0.1, -0.05) is 41.6 Å². The molecule has 3 rings (SSSR count). The zero-order valence-electron chi connectivity index (χ0n) is 11.3. The summed E-state index contributed by atoms with van der Waals surface area (Å²) in [6.45, 7) is 2.04. The van der Waals surface area contributed by atoms with Crippen LogP contribution >= 0.6 is 23.4 Å². The van der Waals surface area contributed by atoms with Crippen LogP contribution in [0, 0.1) is 0 Å². The van der Waals surface area contributed by atoms with Gasteiger partial charge >= 0.3 is 0 Å². The van der Waals surface area contributed by atoms with Gasteiger partial charge in [0.15, 0.2) is 0 Å². The van der Waals surface area contributed by atoms with Crippen LogP contribution in [0.3, 0.4) is 0 Å². The highest BCUT2D eigenvalue weighted by molar-refractivity contribution is 8.14. The smallest absolute Gasteiger partial charge is 0.279 e. The molecule has 21 heavy (non-hydrogen) atoms. The van der Waals surface area contributed by atoms with Crippen molar-refractivity contribution in [3.05, 3.63) is 34.9 Å². The average molecular weight is 326 g/mol. The van der Waals surface area contributed by atoms with E-state index in [0.29, 0.717) is 23.9 Å². The molecule has 0 radical (unpaired) electrons. The predicted molar refractivity (Wildman–Crippen MR) is 83.6 cm³/mol. The van der Waals surface area contributed by atoms with Crippen LogP contribution in [-0.2, 0) is 4.79 Å². The summed E-state index contributed by atoms with van der Waals surface area (Å²) < 4.78 is 0. The number of nitrogens with one attached hydrogen (secondary N) is 2. The fourth-order valence-electron chi connectivity index (χ4n) is 2.71. The topological polar surface area (TPSA) is 61.4 Å². The molecule has 1 aromatic rings. The van der Waals surface area contributed by atoms with E-state index in [1.165, 1.54) is 0 Å². The molecular weight excluding hydrogens is 310 g/mol. The van der Waals surface area contributed by atoms with Gasteiger partial charge in [-0.3, -0.25) is 9.59 Å². The predicted octanol–water partition coefficient (Wildman–Crippen LogP) is 1.64. The van der Waals surface area contributed by atoms with E-state index in [-0.39, 0.29) is 17.2 Å². The number of rotatable bonds is 2. The van der Waals surface area contributed by atoms with Crippen molar-refractivity contribution in [3.63, 3.8) is 0 Å². The molecule has 2 heterocycles. The second kappa shape index (κ2) is 6.25. The first-order chi connectivity index (χ1) is 10.2. The molecule has 2 aliphatic rings. The number of piperazine rings is 1. The molecule has 0 saturated carbocycles. The van der Waals surface area contributed by atoms with Gasteiger partial charge in [-0.05, 0) is 11.6 Å². The Labute approximate surface area is 132 Å². The minimum atomic E-state index is -0.425. The summed E-state index contributed by atoms with van der Waals surface area (Å²) >= 11 is 7.43. The summed E-state index contributed by atoms with van der Waals surface area (Å²) in [5, 5.41) is 6.55. The van der Waals surface area contributed by atoms with Crippen molar-refractivity contribution in [1.82, 2.24) is 15.5 Å². The summed E-state index contributed by atoms with van der Waals surface area (Å²) in [6, 6.07) is 7.06. The highest BCUT2D eigenvalue weighted by Gasteiger charge is 2.36. The number of carbonyl (C=O) groups excluding carboxylic acids is 2. The van der Waals surface area contributed by atoms with Crippen LogP contribution < -0.4 is 10.6 Å². The number of nitrogens with zero attached hydrogens (tertiary/aromatic N) is 1. The van der Waals surface area contributed by atoms with E-state index >= 15 is 0 Å². The van der Waals surface area contributed by atoms with Crippen molar-refractivity contribution in [1.29, 1.82) is 0 Å². The van der Waals surface area contributed by atoms with Crippen LogP contribution in [0.25, 0.3) is 0 Å². The number of halogens is 1. The summed E-state index contributed by atoms with van der Waals surface area (Å²) in [5.74, 6) is 0.469. The van der Waals surface area contributed by atoms with Gasteiger partial charge in [0, 0.05) is 30.4 Å². The quantitative estimate of drug-likeness (QED) is 0.868. The van der Waals surface area contributed by atoms with Crippen molar-refractivity contribution in [2.75, 3.05) is 25.4 Å². The van der Waals surface area contributed by atoms with Crippen LogP contribution in [-0.4, -0.2) is 47.5 Å². The molecule has 5 nitrogen and oxygen atoms in total. The summed E-state index contributed by atoms with van der Waals surface area (Å²) in [6.07, 6.45) is 0. The number of hydrogen-bond donors (Lipinski definition) is 2. The van der Waals surface area contributed by atoms with Crippen molar-refractivity contribution >= 4 is 34.5 Å². The molecule has 2 saturated heterocycles. The molecule has 0 aliphatic carbocycles. The minimum Gasteiger partial charge on any atom is -0.334 e. The zero-order chi connectivity index (χ0) is 14.8. The monoisotopic (exact) mass is 325 g/mol. The maximum atomic E-state index is 12.7. The Kier molecular flexibility index (Phi) is 4.37. The third-order valence-corrected chi connectivity index (χ3v) is 4.99. The van der Waals surface area contributed by atoms with E-state index in [0.717, 1.165) is 23.9 Å². The highest BCUT2D eigenvalue weighted by atomic mass is 35.5. The number of hydrogen-bond acceptors (Lipinski definition) is 4. The van der Waals surface area contributed by atoms with Crippen LogP contribution in [0.4, 0.5) is 4.79 Å². The Morgan fingerprint density at radius 3 is 2.90 bits per heavy atom. The second-order valence-electron chi connectivity index (χ2n) is 5.07. The lowest BCUT2D eigenvalue weighted by atomic mass is 10.0. The van der Waals surface area contributed by atoms with Gasteiger partial charge in [0.05, 0.1) is 6.04 Å². The Balaban J connectivity index is 1.83. The maximum Gasteiger partial charge on any atom is 0.279 e. The SMILES string of the molecule is O=C1N[C@H](C(=O)N2CCNCC2c2ccccc2Cl)CS1. The number of amides is 2. The largest absolute Gasteiger partial charge is 0.334 e. The number of benzene rings is 1. The van der Waals surface area contributed by atoms with Crippen LogP contribution in [0.15, 0.2) is 24.3 Å². The van der Waals surface area contributed by atoms with E-state index in [4.69, 9.17) is 11.6 Å². The van der Waals surface area contributed by atoms with Gasteiger partial charge in [-0.15, -0.1) is 0 Å². The highest BCUT2D eigenvalue weighted by Crippen LogP contribution is 2.29. The number of thioether (sulfide) groups is 1. The van der Waals surface area contributed by atoms with Gasteiger partial charge in [0.1, 0.15) is 6.04 Å². The molecule has 2 fully saturated rings. The molecule has 2 aliphatic heterocycles. The first-order valence-electron chi connectivity index (χ1n) is 6.86. The van der Waals surface area contributed by atoms with E-state index in [2.05, 4.69) is 10.6 Å². The molecule has 0 bridgehead atoms. The Hall–Kier alpha value is -1.24. The molecule has 2 amide bonds. The van der Waals surface area contributed by atoms with Crippen LogP contribution in [0.5, 0.6) is 0 Å². The first kappa shape index (κ1) is 14.7. The molecule has 1 unspecified atom stereocenters. The lowest BCUT2D eigenvalue weighted by molar-refractivity contribution is -0.135. The van der Waals surface area contributed by atoms with E-state index in [9.17, 15) is 9.59 Å². The Morgan fingerprint density at radius 1 is 1.38 bits per heavy atom. The fourth-order valence-corrected chi connectivity index (χ4v) is 3.74. The van der Waals surface area contributed by atoms with Gasteiger partial charge in [-0.25, -0.2) is 0 Å². The van der Waals surface area contributed by atoms with Crippen molar-refractivity contribution in [3.8, 4) is 0 Å². The third-order valence-electron chi connectivity index (χ3n) is 3.76. The van der Waals surface area contributed by atoms with E-state index in [1.807, 2.05) is 29.2 Å². The van der Waals surface area contributed by atoms with Gasteiger partial charge in [0.2, 0.25) is 5.91 Å². The summed E-state index contributed by atoms with van der Waals surface area (Å²) in [7, 11) is 0. The lowest BCUT2D eigenvalue weighted by Crippen LogP contribution is -2.54.